The van der Waals surface area contributed by atoms with Crippen LogP contribution in [0, 0.1) is 6.92 Å². The second kappa shape index (κ2) is 19.9. The van der Waals surface area contributed by atoms with Crippen LogP contribution in [0.1, 0.15) is 95.2 Å². The number of carbonyl (C=O) groups is 1. The van der Waals surface area contributed by atoms with E-state index in [9.17, 15) is 4.79 Å². The fraction of sp³-hybridized carbons (Fsp3) is 0.500. The molecule has 3 aromatic rings. The molecule has 5 nitrogen and oxygen atoms in total. The number of urea groups is 1. The smallest absolute Gasteiger partial charge is 0.323 e. The third-order valence-corrected chi connectivity index (χ3v) is 8.07. The van der Waals surface area contributed by atoms with Gasteiger partial charge in [0.15, 0.2) is 12.2 Å². The number of thiazole rings is 1. The van der Waals surface area contributed by atoms with Gasteiger partial charge in [-0.2, -0.15) is 4.57 Å². The van der Waals surface area contributed by atoms with E-state index in [2.05, 4.69) is 39.9 Å². The predicted molar refractivity (Wildman–Crippen MR) is 165 cm³/mol. The molecule has 1 aromatic heterocycles. The molecule has 0 saturated heterocycles. The van der Waals surface area contributed by atoms with Gasteiger partial charge in [-0.3, -0.25) is 0 Å². The fourth-order valence-electron chi connectivity index (χ4n) is 4.51. The van der Waals surface area contributed by atoms with Gasteiger partial charge in [0.2, 0.25) is 5.51 Å². The van der Waals surface area contributed by atoms with Crippen molar-refractivity contribution < 1.29 is 31.1 Å². The standard InChI is InChI=1S/C32H44ClN3O2S.BrH/c1-3-4-5-6-7-8-9-10-11-12-13-14-21-38-29-19-20-31(30(33)22-29)35-32(37)34-28-17-15-27(16-18-28)23-36-25-39-24-26(36)2;/h15-20,22,24-25H,3-14,21,23H2,1-2H3,(H-,34,35,37);1H. The average molecular weight is 651 g/mol. The summed E-state index contributed by atoms with van der Waals surface area (Å²) in [7, 11) is 0. The van der Waals surface area contributed by atoms with E-state index in [-0.39, 0.29) is 23.0 Å². The summed E-state index contributed by atoms with van der Waals surface area (Å²) >= 11 is 8.10. The van der Waals surface area contributed by atoms with Crippen molar-refractivity contribution in [1.29, 1.82) is 0 Å². The molecule has 2 aromatic carbocycles. The minimum Gasteiger partial charge on any atom is -1.00 e. The Balaban J connectivity index is 0.00000560. The first kappa shape index (κ1) is 34.1. The Hall–Kier alpha value is -2.09. The van der Waals surface area contributed by atoms with Gasteiger partial charge in [0, 0.05) is 24.2 Å². The van der Waals surface area contributed by atoms with Crippen LogP contribution < -0.4 is 36.9 Å². The predicted octanol–water partition coefficient (Wildman–Crippen LogP) is 6.77. The zero-order chi connectivity index (χ0) is 27.7. The molecule has 0 atom stereocenters. The van der Waals surface area contributed by atoms with Crippen LogP contribution in [0.25, 0.3) is 0 Å². The van der Waals surface area contributed by atoms with Gasteiger partial charge in [0.25, 0.3) is 0 Å². The van der Waals surface area contributed by atoms with Crippen molar-refractivity contribution in [1.82, 2.24) is 0 Å². The van der Waals surface area contributed by atoms with Crippen LogP contribution in [0.2, 0.25) is 5.02 Å². The third kappa shape index (κ3) is 13.0. The number of nitrogens with zero attached hydrogens (tertiary/aromatic N) is 1. The molecule has 2 N–H and O–H groups in total. The van der Waals surface area contributed by atoms with Crippen molar-refractivity contribution in [3.05, 3.63) is 69.6 Å². The number of nitrogens with one attached hydrogen (secondary N) is 2. The van der Waals surface area contributed by atoms with Crippen LogP contribution in [0.5, 0.6) is 5.75 Å². The molecule has 0 bridgehead atoms. The van der Waals surface area contributed by atoms with Gasteiger partial charge < -0.3 is 32.4 Å². The lowest BCUT2D eigenvalue weighted by atomic mass is 10.1. The molecule has 0 fully saturated rings. The van der Waals surface area contributed by atoms with Crippen molar-refractivity contribution in [2.75, 3.05) is 17.2 Å². The second-order valence-corrected chi connectivity index (χ2v) is 11.4. The highest BCUT2D eigenvalue weighted by Gasteiger charge is 2.10. The number of rotatable bonds is 18. The summed E-state index contributed by atoms with van der Waals surface area (Å²) in [6, 6.07) is 12.9. The van der Waals surface area contributed by atoms with Gasteiger partial charge in [-0.25, -0.2) is 4.79 Å². The maximum Gasteiger partial charge on any atom is 0.323 e. The Morgan fingerprint density at radius 2 is 1.50 bits per heavy atom. The molecule has 0 spiro atoms. The Bertz CT molecular complexity index is 1120. The molecular weight excluding hydrogens is 606 g/mol. The molecular formula is C32H45BrClN3O2S. The van der Waals surface area contributed by atoms with Crippen LogP contribution >= 0.6 is 22.9 Å². The molecule has 0 radical (unpaired) electrons. The van der Waals surface area contributed by atoms with Gasteiger partial charge in [0.1, 0.15) is 5.75 Å². The Labute approximate surface area is 260 Å². The van der Waals surface area contributed by atoms with Crippen LogP contribution in [0.3, 0.4) is 0 Å². The van der Waals surface area contributed by atoms with Gasteiger partial charge >= 0.3 is 6.03 Å². The zero-order valence-electron chi connectivity index (χ0n) is 24.0. The summed E-state index contributed by atoms with van der Waals surface area (Å²) in [5.74, 6) is 0.725. The van der Waals surface area contributed by atoms with E-state index in [1.165, 1.54) is 81.9 Å². The topological polar surface area (TPSA) is 54.2 Å². The maximum atomic E-state index is 12.5. The first-order valence-electron chi connectivity index (χ1n) is 14.6. The first-order chi connectivity index (χ1) is 19.0. The maximum absolute atomic E-state index is 12.5. The van der Waals surface area contributed by atoms with Crippen LogP contribution in [0.15, 0.2) is 53.4 Å². The quantitative estimate of drug-likeness (QED) is 0.118. The highest BCUT2D eigenvalue weighted by molar-refractivity contribution is 7.07. The molecule has 3 rings (SSSR count). The monoisotopic (exact) mass is 649 g/mol. The molecule has 1 heterocycles. The molecule has 0 aliphatic rings. The number of amides is 2. The summed E-state index contributed by atoms with van der Waals surface area (Å²) in [5.41, 5.74) is 5.79. The normalized spacial score (nSPS) is 10.7. The summed E-state index contributed by atoms with van der Waals surface area (Å²) in [4.78, 5) is 12.5. The third-order valence-electron chi connectivity index (χ3n) is 6.90. The van der Waals surface area contributed by atoms with E-state index < -0.39 is 0 Å². The molecule has 8 heteroatoms. The second-order valence-electron chi connectivity index (χ2n) is 10.3. The van der Waals surface area contributed by atoms with Crippen molar-refractivity contribution in [2.24, 2.45) is 0 Å². The molecule has 0 saturated carbocycles. The lowest BCUT2D eigenvalue weighted by molar-refractivity contribution is -0.689. The lowest BCUT2D eigenvalue weighted by Gasteiger charge is -2.11. The number of aryl methyl sites for hydroxylation is 1. The number of benzene rings is 2. The average Bonchev–Trinajstić information content (AvgIpc) is 3.33. The molecule has 220 valence electrons. The van der Waals surface area contributed by atoms with E-state index in [0.717, 1.165) is 24.4 Å². The van der Waals surface area contributed by atoms with E-state index in [4.69, 9.17) is 16.3 Å². The van der Waals surface area contributed by atoms with Crippen LogP contribution in [0.4, 0.5) is 16.2 Å². The number of carbonyl (C=O) groups excluding carboxylic acids is 1. The lowest BCUT2D eigenvalue weighted by Crippen LogP contribution is -3.00. The number of hydrogen-bond acceptors (Lipinski definition) is 3. The van der Waals surface area contributed by atoms with Crippen LogP contribution in [-0.2, 0) is 6.54 Å². The molecule has 40 heavy (non-hydrogen) atoms. The number of anilines is 2. The minimum atomic E-state index is -0.335. The zero-order valence-corrected chi connectivity index (χ0v) is 27.2. The van der Waals surface area contributed by atoms with Crippen LogP contribution in [-0.4, -0.2) is 12.6 Å². The Kier molecular flexibility index (Phi) is 17.0. The highest BCUT2D eigenvalue weighted by Crippen LogP contribution is 2.27. The number of ether oxygens (including phenoxy) is 1. The van der Waals surface area contributed by atoms with Gasteiger partial charge in [-0.05, 0) is 30.7 Å². The van der Waals surface area contributed by atoms with E-state index >= 15 is 0 Å². The van der Waals surface area contributed by atoms with E-state index in [1.807, 2.05) is 30.3 Å². The fourth-order valence-corrected chi connectivity index (χ4v) is 5.51. The summed E-state index contributed by atoms with van der Waals surface area (Å²) in [5, 5.41) is 8.27. The molecule has 0 aliphatic heterocycles. The van der Waals surface area contributed by atoms with E-state index in [0.29, 0.717) is 17.3 Å². The van der Waals surface area contributed by atoms with Crippen molar-refractivity contribution >= 4 is 40.3 Å². The molecule has 0 unspecified atom stereocenters. The SMILES string of the molecule is CCCCCCCCCCCCCCOc1ccc(NC(=O)Nc2ccc(C[n+]3cscc3C)cc2)c(Cl)c1.[Br-]. The van der Waals surface area contributed by atoms with Gasteiger partial charge in [-0.1, -0.05) is 113 Å². The minimum absolute atomic E-state index is 0. The highest BCUT2D eigenvalue weighted by atomic mass is 79.9. The summed E-state index contributed by atoms with van der Waals surface area (Å²) in [6.07, 6.45) is 15.9. The first-order valence-corrected chi connectivity index (χ1v) is 15.9. The molecule has 2 amide bonds. The van der Waals surface area contributed by atoms with Crippen molar-refractivity contribution in [3.63, 3.8) is 0 Å². The van der Waals surface area contributed by atoms with Gasteiger partial charge in [0.05, 0.1) is 22.7 Å². The Morgan fingerprint density at radius 1 is 0.875 bits per heavy atom. The Morgan fingerprint density at radius 3 is 2.08 bits per heavy atom. The van der Waals surface area contributed by atoms with Crippen molar-refractivity contribution in [3.8, 4) is 5.75 Å². The van der Waals surface area contributed by atoms with Gasteiger partial charge in [-0.15, -0.1) is 0 Å². The number of aromatic nitrogens is 1. The van der Waals surface area contributed by atoms with E-state index in [1.54, 1.807) is 23.5 Å². The number of unbranched alkanes of at least 4 members (excludes halogenated alkanes) is 11. The van der Waals surface area contributed by atoms with Crippen molar-refractivity contribution in [2.45, 2.75) is 97.4 Å². The summed E-state index contributed by atoms with van der Waals surface area (Å²) in [6.45, 7) is 5.86. The molecule has 0 aliphatic carbocycles. The largest absolute Gasteiger partial charge is 1.00 e. The number of halogens is 2. The summed E-state index contributed by atoms with van der Waals surface area (Å²) < 4.78 is 8.08. The number of hydrogen-bond donors (Lipinski definition) is 2.